The van der Waals surface area contributed by atoms with Crippen LogP contribution in [0.1, 0.15) is 46.4 Å². The van der Waals surface area contributed by atoms with Gasteiger partial charge in [0.2, 0.25) is 5.91 Å². The average Bonchev–Trinajstić information content (AvgIpc) is 3.31. The number of ether oxygens (including phenoxy) is 1. The Balaban J connectivity index is 0.952. The lowest BCUT2D eigenvalue weighted by Gasteiger charge is -2.34. The van der Waals surface area contributed by atoms with Crippen molar-refractivity contribution in [1.29, 1.82) is 0 Å². The number of nitrogens with two attached hydrogens (primary N) is 1. The number of aliphatic hydroxyl groups excluding tert-OH is 1. The average molecular weight is 645 g/mol. The molecule has 1 unspecified atom stereocenters. The molecule has 0 radical (unpaired) electrons. The number of anilines is 3. The smallest absolute Gasteiger partial charge is 0.388 e. The van der Waals surface area contributed by atoms with Gasteiger partial charge in [-0.3, -0.25) is 24.7 Å². The Kier molecular flexibility index (Phi) is 9.05. The molecule has 1 atom stereocenters. The molecule has 8 N–H and O–H groups in total. The molecule has 47 heavy (non-hydrogen) atoms. The number of aliphatic hydroxyl groups is 1. The molecule has 4 heterocycles. The number of nitrogens with zero attached hydrogens (tertiary/aromatic N) is 4. The first-order valence-electron chi connectivity index (χ1n) is 15.1. The van der Waals surface area contributed by atoms with Gasteiger partial charge in [-0.25, -0.2) is 10.2 Å². The first-order valence-corrected chi connectivity index (χ1v) is 15.1. The van der Waals surface area contributed by atoms with Crippen molar-refractivity contribution in [2.24, 2.45) is 0 Å². The number of piperidine rings is 1. The molecule has 1 saturated heterocycles. The van der Waals surface area contributed by atoms with E-state index in [-0.39, 0.29) is 54.8 Å². The Morgan fingerprint density at radius 2 is 1.77 bits per heavy atom. The number of phenolic OH excluding ortho intramolecular Hbond substituents is 1. The largest absolute Gasteiger partial charge is 0.507 e. The first kappa shape index (κ1) is 31.5. The van der Waals surface area contributed by atoms with Crippen LogP contribution in [0.2, 0.25) is 0 Å². The molecule has 1 aromatic heterocycles. The van der Waals surface area contributed by atoms with E-state index in [0.717, 1.165) is 23.4 Å². The number of carbonyl (C=O) groups is 4. The summed E-state index contributed by atoms with van der Waals surface area (Å²) in [6, 6.07) is 12.4. The Morgan fingerprint density at radius 3 is 2.53 bits per heavy atom. The maximum Gasteiger partial charge on any atom is 0.388 e. The highest BCUT2D eigenvalue weighted by atomic mass is 16.5. The number of imide groups is 1. The van der Waals surface area contributed by atoms with Crippen molar-refractivity contribution < 1.29 is 39.1 Å². The number of nitrogens with one attached hydrogen (secondary N) is 4. The number of carbonyl (C=O) groups excluding carboxylic acids is 4. The number of hydrogen-bond acceptors (Lipinski definition) is 12. The molecule has 6 rings (SSSR count). The fourth-order valence-corrected chi connectivity index (χ4v) is 5.93. The number of fused-ring (bicyclic) bond motifs is 1. The van der Waals surface area contributed by atoms with E-state index in [4.69, 9.17) is 10.5 Å². The molecule has 0 saturated carbocycles. The number of aromatic nitrogens is 2. The molecule has 1 fully saturated rings. The van der Waals surface area contributed by atoms with Gasteiger partial charge in [-0.1, -0.05) is 18.2 Å². The lowest BCUT2D eigenvalue weighted by Crippen LogP contribution is -2.82. The van der Waals surface area contributed by atoms with Crippen molar-refractivity contribution >= 4 is 46.7 Å². The Bertz CT molecular complexity index is 1760. The number of nitrogen functional groups attached to an aromatic ring is 1. The molecule has 3 aliphatic rings. The van der Waals surface area contributed by atoms with Crippen molar-refractivity contribution in [3.8, 4) is 17.0 Å². The third-order valence-corrected chi connectivity index (χ3v) is 8.29. The second-order valence-electron chi connectivity index (χ2n) is 11.3. The van der Waals surface area contributed by atoms with E-state index in [0.29, 0.717) is 30.2 Å². The summed E-state index contributed by atoms with van der Waals surface area (Å²) in [7, 11) is 0. The minimum absolute atomic E-state index is 0.0143. The van der Waals surface area contributed by atoms with Crippen LogP contribution in [0.15, 0.2) is 48.5 Å². The van der Waals surface area contributed by atoms with Crippen molar-refractivity contribution in [1.82, 2.24) is 25.9 Å². The van der Waals surface area contributed by atoms with E-state index in [1.165, 1.54) is 12.1 Å². The third kappa shape index (κ3) is 6.60. The highest BCUT2D eigenvalue weighted by Gasteiger charge is 2.47. The zero-order chi connectivity index (χ0) is 33.1. The molecule has 244 valence electrons. The fraction of sp³-hybridized carbons (Fsp3) is 0.323. The van der Waals surface area contributed by atoms with Crippen LogP contribution in [-0.2, 0) is 14.3 Å². The van der Waals surface area contributed by atoms with E-state index in [1.54, 1.807) is 24.3 Å². The fourth-order valence-electron chi connectivity index (χ4n) is 5.93. The van der Waals surface area contributed by atoms with Gasteiger partial charge >= 0.3 is 11.8 Å². The number of para-hydroxylation sites is 1. The van der Waals surface area contributed by atoms with Crippen LogP contribution in [0.5, 0.6) is 5.75 Å². The monoisotopic (exact) mass is 644 g/mol. The number of rotatable bonds is 10. The number of phenols is 1. The summed E-state index contributed by atoms with van der Waals surface area (Å²) >= 11 is 0. The normalized spacial score (nSPS) is 18.3. The minimum atomic E-state index is -0.994. The zero-order valence-corrected chi connectivity index (χ0v) is 25.2. The molecule has 4 amide bonds. The lowest BCUT2D eigenvalue weighted by atomic mass is 10.0. The van der Waals surface area contributed by atoms with Crippen LogP contribution in [0.4, 0.5) is 17.2 Å². The van der Waals surface area contributed by atoms with E-state index >= 15 is 0 Å². The maximum atomic E-state index is 13.2. The Morgan fingerprint density at radius 1 is 1.00 bits per heavy atom. The van der Waals surface area contributed by atoms with E-state index in [9.17, 15) is 29.4 Å². The van der Waals surface area contributed by atoms with Gasteiger partial charge in [0.25, 0.3) is 11.8 Å². The predicted molar refractivity (Wildman–Crippen MR) is 168 cm³/mol. The molecular weight excluding hydrogens is 610 g/mol. The van der Waals surface area contributed by atoms with E-state index in [2.05, 4.69) is 36.3 Å². The number of hydrogen-bond donors (Lipinski definition) is 7. The van der Waals surface area contributed by atoms with Crippen LogP contribution in [-0.4, -0.2) is 93.3 Å². The first-order chi connectivity index (χ1) is 22.7. The van der Waals surface area contributed by atoms with Crippen LogP contribution < -0.4 is 31.8 Å². The van der Waals surface area contributed by atoms with Crippen molar-refractivity contribution in [2.75, 3.05) is 42.4 Å². The SMILES string of the molecule is Nc1nnc(-c2ccccc2O)cc1N1CCC(NNCOCC(=O)Nc2cccc3c2C(=O)N(C2CCC(=O)[NH+]=C2O)C3=O)CC1. The summed E-state index contributed by atoms with van der Waals surface area (Å²) in [5.74, 6) is -2.26. The van der Waals surface area contributed by atoms with Crippen LogP contribution in [0, 0.1) is 0 Å². The topological polar surface area (TPSA) is 226 Å². The third-order valence-electron chi connectivity index (χ3n) is 8.29. The van der Waals surface area contributed by atoms with Crippen LogP contribution in [0.25, 0.3) is 11.3 Å². The van der Waals surface area contributed by atoms with Gasteiger partial charge in [0.1, 0.15) is 19.1 Å². The quantitative estimate of drug-likeness (QED) is 0.0636. The highest BCUT2D eigenvalue weighted by molar-refractivity contribution is 6.25. The molecule has 3 aromatic rings. The van der Waals surface area contributed by atoms with Crippen molar-refractivity contribution in [2.45, 2.75) is 37.8 Å². The number of aromatic hydroxyl groups is 1. The van der Waals surface area contributed by atoms with Crippen molar-refractivity contribution in [3.05, 3.63) is 59.7 Å². The molecule has 0 aliphatic carbocycles. The molecule has 16 heteroatoms. The van der Waals surface area contributed by atoms with Gasteiger partial charge in [-0.15, -0.1) is 15.2 Å². The van der Waals surface area contributed by atoms with Gasteiger partial charge in [-0.05, 0) is 49.6 Å². The van der Waals surface area contributed by atoms with E-state index in [1.807, 2.05) is 12.1 Å². The molecule has 0 bridgehead atoms. The summed E-state index contributed by atoms with van der Waals surface area (Å²) in [5, 5.41) is 31.3. The highest BCUT2D eigenvalue weighted by Crippen LogP contribution is 2.33. The Hall–Kier alpha value is -5.45. The van der Waals surface area contributed by atoms with Gasteiger partial charge in [-0.2, -0.15) is 0 Å². The molecule has 3 aliphatic heterocycles. The predicted octanol–water partition coefficient (Wildman–Crippen LogP) is -0.571. The summed E-state index contributed by atoms with van der Waals surface area (Å²) in [5.41, 5.74) is 14.4. The second-order valence-corrected chi connectivity index (χ2v) is 11.3. The lowest BCUT2D eigenvalue weighted by molar-refractivity contribution is -0.394. The molecule has 16 nitrogen and oxygen atoms in total. The van der Waals surface area contributed by atoms with Gasteiger partial charge < -0.3 is 30.9 Å². The van der Waals surface area contributed by atoms with Crippen LogP contribution >= 0.6 is 0 Å². The number of benzene rings is 2. The summed E-state index contributed by atoms with van der Waals surface area (Å²) < 4.78 is 5.45. The summed E-state index contributed by atoms with van der Waals surface area (Å²) in [6.07, 6.45) is 1.71. The standard InChI is InChI=1S/C31H33N9O7/c32-28-23(14-21(37-38-28)18-4-1-2-7-24(18)41)39-12-10-17(11-13-39)36-33-16-47-15-26(43)34-20-6-3-5-19-27(20)31(46)40(30(19)45)22-8-9-25(42)35-29(22)44/h1-7,14,17,22,33,36,41H,8-13,15-16H2,(H2,32,38)(H,34,43)(H,35,42,44)/p+1. The van der Waals surface area contributed by atoms with E-state index < -0.39 is 35.6 Å². The van der Waals surface area contributed by atoms with Gasteiger partial charge in [0.15, 0.2) is 11.9 Å². The number of hydrazine groups is 1. The maximum absolute atomic E-state index is 13.2. The van der Waals surface area contributed by atoms with Crippen molar-refractivity contribution in [3.63, 3.8) is 0 Å². The second kappa shape index (κ2) is 13.5. The minimum Gasteiger partial charge on any atom is -0.507 e. The van der Waals surface area contributed by atoms with Crippen LogP contribution in [0.3, 0.4) is 0 Å². The van der Waals surface area contributed by atoms with Gasteiger partial charge in [0, 0.05) is 24.7 Å². The Labute approximate surface area is 268 Å². The van der Waals surface area contributed by atoms with Gasteiger partial charge in [0.05, 0.1) is 34.6 Å². The summed E-state index contributed by atoms with van der Waals surface area (Å²) in [4.78, 5) is 55.8. The number of amides is 4. The molecular formula is C31H34N9O7+. The zero-order valence-electron chi connectivity index (χ0n) is 25.2. The molecule has 2 aromatic carbocycles. The summed E-state index contributed by atoms with van der Waals surface area (Å²) in [6.45, 7) is 1.11. The molecule has 0 spiro atoms.